The van der Waals surface area contributed by atoms with Gasteiger partial charge in [0.1, 0.15) is 17.3 Å². The van der Waals surface area contributed by atoms with Gasteiger partial charge in [0, 0.05) is 45.6 Å². The van der Waals surface area contributed by atoms with Crippen molar-refractivity contribution in [1.29, 1.82) is 0 Å². The summed E-state index contributed by atoms with van der Waals surface area (Å²) in [6, 6.07) is 5.91. The number of halogens is 1. The highest BCUT2D eigenvalue weighted by Gasteiger charge is 2.35. The molecule has 3 aromatic heterocycles. The Balaban J connectivity index is 1.47. The minimum absolute atomic E-state index is 0.0680. The van der Waals surface area contributed by atoms with Crippen LogP contribution in [0.2, 0.25) is 0 Å². The lowest BCUT2D eigenvalue weighted by molar-refractivity contribution is 0.0380. The molecule has 186 valence electrons. The molecular formula is C25H27FN8O2. The molecule has 1 amide bonds. The van der Waals surface area contributed by atoms with Crippen LogP contribution in [0.1, 0.15) is 31.4 Å². The van der Waals surface area contributed by atoms with Crippen LogP contribution in [0.15, 0.2) is 42.9 Å². The van der Waals surface area contributed by atoms with E-state index in [-0.39, 0.29) is 31.3 Å². The van der Waals surface area contributed by atoms with E-state index in [1.54, 1.807) is 60.0 Å². The maximum Gasteiger partial charge on any atom is 0.290 e. The number of aromatic nitrogens is 6. The van der Waals surface area contributed by atoms with Crippen molar-refractivity contribution in [2.75, 3.05) is 19.0 Å². The van der Waals surface area contributed by atoms with Crippen molar-refractivity contribution in [2.45, 2.75) is 33.0 Å². The number of amides is 1. The Morgan fingerprint density at radius 3 is 2.86 bits per heavy atom. The van der Waals surface area contributed by atoms with E-state index in [1.165, 1.54) is 11.0 Å². The summed E-state index contributed by atoms with van der Waals surface area (Å²) in [4.78, 5) is 28.7. The highest BCUT2D eigenvalue weighted by Crippen LogP contribution is 2.27. The quantitative estimate of drug-likeness (QED) is 0.422. The Hall–Kier alpha value is -4.12. The molecule has 1 aromatic carbocycles. The third kappa shape index (κ3) is 4.44. The molecule has 1 atom stereocenters. The van der Waals surface area contributed by atoms with Gasteiger partial charge in [-0.1, -0.05) is 12.1 Å². The number of hydrogen-bond donors (Lipinski definition) is 1. The maximum absolute atomic E-state index is 14.2. The monoisotopic (exact) mass is 493 g/mol. The Morgan fingerprint density at radius 1 is 1.25 bits per heavy atom. The number of benzene rings is 1. The fraction of sp³-hybridized carbons (Fsp3) is 0.320. The second-order valence-corrected chi connectivity index (χ2v) is 8.77. The molecule has 1 aliphatic rings. The number of ether oxygens (including phenoxy) is 1. The number of anilines is 2. The van der Waals surface area contributed by atoms with E-state index in [0.29, 0.717) is 34.3 Å². The van der Waals surface area contributed by atoms with E-state index in [9.17, 15) is 9.18 Å². The van der Waals surface area contributed by atoms with E-state index in [4.69, 9.17) is 8.85 Å². The van der Waals surface area contributed by atoms with E-state index >= 15 is 0 Å². The number of fused-ring (bicyclic) bond motifs is 1. The molecule has 1 N–H and O–H groups in total. The molecular weight excluding hydrogens is 463 g/mol. The Kier molecular flexibility index (Phi) is 5.31. The summed E-state index contributed by atoms with van der Waals surface area (Å²) in [5.41, 5.74) is 2.81. The standard InChI is InChI=1S/C25H27FN8O2/c1-15-5-6-17(9-19(15)26)11-34-18(14-36-4)12-33-13-20(29-23(33)24(34)35)22-16(2)10-27-25(31-22)30-21-7-8-28-32(21)3/h5-10,13,18H,11-12,14H2,1-4H3,(H,27,30,31)/t18-/m0/s1/i4D3. The number of carbonyl (C=O) groups excluding carboxylic acids is 1. The van der Waals surface area contributed by atoms with Gasteiger partial charge < -0.3 is 19.5 Å². The average Bonchev–Trinajstić information content (AvgIpc) is 3.49. The lowest BCUT2D eigenvalue weighted by Crippen LogP contribution is -2.49. The van der Waals surface area contributed by atoms with E-state index in [1.807, 2.05) is 6.92 Å². The van der Waals surface area contributed by atoms with Crippen LogP contribution in [0.5, 0.6) is 0 Å². The molecule has 0 radical (unpaired) electrons. The maximum atomic E-state index is 14.2. The molecule has 0 saturated carbocycles. The van der Waals surface area contributed by atoms with Crippen LogP contribution < -0.4 is 5.32 Å². The molecule has 10 nitrogen and oxygen atoms in total. The third-order valence-corrected chi connectivity index (χ3v) is 6.22. The van der Waals surface area contributed by atoms with Gasteiger partial charge in [0.25, 0.3) is 5.91 Å². The van der Waals surface area contributed by atoms with Gasteiger partial charge >= 0.3 is 0 Å². The Morgan fingerprint density at radius 2 is 2.11 bits per heavy atom. The van der Waals surface area contributed by atoms with Crippen molar-refractivity contribution in [1.82, 2.24) is 34.2 Å². The molecule has 0 spiro atoms. The first-order chi connectivity index (χ1) is 18.5. The molecule has 4 heterocycles. The number of rotatable bonds is 7. The minimum atomic E-state index is -2.62. The van der Waals surface area contributed by atoms with Gasteiger partial charge in [-0.15, -0.1) is 0 Å². The molecule has 0 aliphatic carbocycles. The number of hydrogen-bond acceptors (Lipinski definition) is 7. The summed E-state index contributed by atoms with van der Waals surface area (Å²) in [6.07, 6.45) is 5.02. The predicted molar refractivity (Wildman–Crippen MR) is 131 cm³/mol. The first-order valence-electron chi connectivity index (χ1n) is 12.8. The van der Waals surface area contributed by atoms with Crippen LogP contribution >= 0.6 is 0 Å². The van der Waals surface area contributed by atoms with Gasteiger partial charge in [-0.25, -0.2) is 19.3 Å². The molecule has 0 bridgehead atoms. The SMILES string of the molecule is [2H]C([2H])([2H])OC[C@@H]1Cn2cc(-c3nc(Nc4ccnn4C)ncc3C)nc2C(=O)N1Cc1ccc(C)c(F)c1. The molecule has 0 fully saturated rings. The normalized spacial score (nSPS) is 16.9. The smallest absolute Gasteiger partial charge is 0.290 e. The Bertz CT molecular complexity index is 1530. The summed E-state index contributed by atoms with van der Waals surface area (Å²) >= 11 is 0. The van der Waals surface area contributed by atoms with Gasteiger partial charge in [-0.2, -0.15) is 5.10 Å². The summed E-state index contributed by atoms with van der Waals surface area (Å²) in [7, 11) is -0.837. The van der Waals surface area contributed by atoms with Crippen molar-refractivity contribution in [3.63, 3.8) is 0 Å². The predicted octanol–water partition coefficient (Wildman–Crippen LogP) is 3.24. The fourth-order valence-electron chi connectivity index (χ4n) is 4.20. The summed E-state index contributed by atoms with van der Waals surface area (Å²) in [5.74, 6) is 0.396. The third-order valence-electron chi connectivity index (χ3n) is 6.22. The van der Waals surface area contributed by atoms with Crippen LogP contribution in [0.25, 0.3) is 11.4 Å². The molecule has 0 unspecified atom stereocenters. The second-order valence-electron chi connectivity index (χ2n) is 8.77. The van der Waals surface area contributed by atoms with Gasteiger partial charge in [-0.05, 0) is 36.6 Å². The molecule has 11 heteroatoms. The zero-order chi connectivity index (χ0) is 27.9. The van der Waals surface area contributed by atoms with Gasteiger partial charge in [-0.3, -0.25) is 9.48 Å². The zero-order valence-corrected chi connectivity index (χ0v) is 20.1. The topological polar surface area (TPSA) is 103 Å². The summed E-state index contributed by atoms with van der Waals surface area (Å²) in [6.45, 7) is 3.58. The zero-order valence-electron chi connectivity index (χ0n) is 23.1. The average molecular weight is 494 g/mol. The number of aryl methyl sites for hydroxylation is 3. The molecule has 4 aromatic rings. The van der Waals surface area contributed by atoms with Crippen molar-refractivity contribution < 1.29 is 18.0 Å². The largest absolute Gasteiger partial charge is 0.382 e. The van der Waals surface area contributed by atoms with Gasteiger partial charge in [0.2, 0.25) is 5.95 Å². The lowest BCUT2D eigenvalue weighted by atomic mass is 10.1. The minimum Gasteiger partial charge on any atom is -0.382 e. The van der Waals surface area contributed by atoms with Crippen molar-refractivity contribution in [3.8, 4) is 11.4 Å². The van der Waals surface area contributed by atoms with Crippen LogP contribution in [0, 0.1) is 19.7 Å². The lowest BCUT2D eigenvalue weighted by Gasteiger charge is -2.35. The van der Waals surface area contributed by atoms with Crippen molar-refractivity contribution in [2.24, 2.45) is 7.05 Å². The number of nitrogens with zero attached hydrogens (tertiary/aromatic N) is 7. The highest BCUT2D eigenvalue weighted by atomic mass is 19.1. The molecule has 36 heavy (non-hydrogen) atoms. The van der Waals surface area contributed by atoms with E-state index in [2.05, 4.69) is 25.4 Å². The van der Waals surface area contributed by atoms with Crippen LogP contribution in [-0.2, 0) is 24.9 Å². The van der Waals surface area contributed by atoms with Crippen molar-refractivity contribution >= 4 is 17.7 Å². The highest BCUT2D eigenvalue weighted by molar-refractivity contribution is 5.92. The Labute approximate surface area is 212 Å². The van der Waals surface area contributed by atoms with Gasteiger partial charge in [0.05, 0.1) is 28.7 Å². The first-order valence-corrected chi connectivity index (χ1v) is 11.3. The summed E-state index contributed by atoms with van der Waals surface area (Å²) in [5, 5.41) is 7.23. The second kappa shape index (κ2) is 9.50. The number of nitrogens with one attached hydrogen (secondary N) is 1. The van der Waals surface area contributed by atoms with E-state index in [0.717, 1.165) is 5.56 Å². The molecule has 5 rings (SSSR count). The molecule has 1 aliphatic heterocycles. The number of carbonyl (C=O) groups is 1. The fourth-order valence-corrected chi connectivity index (χ4v) is 4.20. The van der Waals surface area contributed by atoms with Crippen LogP contribution in [-0.4, -0.2) is 59.8 Å². The first kappa shape index (κ1) is 20.1. The molecule has 0 saturated heterocycles. The van der Waals surface area contributed by atoms with Crippen molar-refractivity contribution in [3.05, 3.63) is 71.2 Å². The van der Waals surface area contributed by atoms with E-state index < -0.39 is 19.0 Å². The number of imidazole rings is 1. The van der Waals surface area contributed by atoms with Gasteiger partial charge in [0.15, 0.2) is 5.82 Å². The van der Waals surface area contributed by atoms with Crippen LogP contribution in [0.4, 0.5) is 16.2 Å². The summed E-state index contributed by atoms with van der Waals surface area (Å²) < 4.78 is 45.0. The number of methoxy groups -OCH3 is 1. The van der Waals surface area contributed by atoms with Crippen LogP contribution in [0.3, 0.4) is 0 Å².